The molecule has 94 valence electrons. The van der Waals surface area contributed by atoms with Gasteiger partial charge in [-0.3, -0.25) is 10.1 Å². The summed E-state index contributed by atoms with van der Waals surface area (Å²) in [6.07, 6.45) is 5.82. The first kappa shape index (κ1) is 13.5. The summed E-state index contributed by atoms with van der Waals surface area (Å²) in [5, 5.41) is 12.8. The van der Waals surface area contributed by atoms with Gasteiger partial charge >= 0.3 is 5.97 Å². The molecule has 3 heteroatoms. The predicted molar refractivity (Wildman–Crippen MR) is 65.5 cm³/mol. The van der Waals surface area contributed by atoms with Crippen molar-refractivity contribution in [3.8, 4) is 0 Å². The monoisotopic (exact) mass is 227 g/mol. The Balaban J connectivity index is 2.65. The minimum atomic E-state index is -0.664. The van der Waals surface area contributed by atoms with Crippen LogP contribution in [0.3, 0.4) is 0 Å². The first-order valence-electron chi connectivity index (χ1n) is 6.55. The fraction of sp³-hybridized carbons (Fsp3) is 0.923. The van der Waals surface area contributed by atoms with Crippen LogP contribution >= 0.6 is 0 Å². The van der Waals surface area contributed by atoms with Crippen LogP contribution in [-0.4, -0.2) is 22.7 Å². The van der Waals surface area contributed by atoms with Crippen molar-refractivity contribution in [2.75, 3.05) is 0 Å². The maximum atomic E-state index is 11.5. The molecule has 0 aromatic heterocycles. The van der Waals surface area contributed by atoms with Crippen molar-refractivity contribution in [1.82, 2.24) is 5.32 Å². The number of hydrogen-bond donors (Lipinski definition) is 2. The molecule has 0 saturated heterocycles. The predicted octanol–water partition coefficient (Wildman–Crippen LogP) is 2.80. The first-order chi connectivity index (χ1) is 7.54. The van der Waals surface area contributed by atoms with Crippen molar-refractivity contribution in [2.24, 2.45) is 5.92 Å². The number of carboxylic acids is 1. The molecule has 16 heavy (non-hydrogen) atoms. The number of hydrogen-bond acceptors (Lipinski definition) is 2. The molecule has 1 aliphatic carbocycles. The lowest BCUT2D eigenvalue weighted by Gasteiger charge is -2.39. The third kappa shape index (κ3) is 2.97. The van der Waals surface area contributed by atoms with Crippen LogP contribution in [0.15, 0.2) is 0 Å². The highest BCUT2D eigenvalue weighted by molar-refractivity contribution is 5.79. The van der Waals surface area contributed by atoms with E-state index in [1.54, 1.807) is 0 Å². The maximum Gasteiger partial charge on any atom is 0.323 e. The largest absolute Gasteiger partial charge is 0.480 e. The summed E-state index contributed by atoms with van der Waals surface area (Å²) in [5.41, 5.74) is -0.652. The third-order valence-electron chi connectivity index (χ3n) is 4.08. The molecule has 1 fully saturated rings. The summed E-state index contributed by atoms with van der Waals surface area (Å²) < 4.78 is 0. The molecule has 0 amide bonds. The minimum absolute atomic E-state index is 0.286. The van der Waals surface area contributed by atoms with Crippen molar-refractivity contribution in [1.29, 1.82) is 0 Å². The van der Waals surface area contributed by atoms with Gasteiger partial charge in [-0.25, -0.2) is 0 Å². The highest BCUT2D eigenvalue weighted by Crippen LogP contribution is 2.34. The fourth-order valence-electron chi connectivity index (χ4n) is 2.57. The molecule has 1 atom stereocenters. The van der Waals surface area contributed by atoms with Gasteiger partial charge < -0.3 is 5.11 Å². The average Bonchev–Trinajstić information content (AvgIpc) is 2.29. The van der Waals surface area contributed by atoms with E-state index in [2.05, 4.69) is 26.1 Å². The second-order valence-electron chi connectivity index (χ2n) is 5.19. The molecule has 0 aromatic rings. The van der Waals surface area contributed by atoms with Gasteiger partial charge in [0.15, 0.2) is 0 Å². The van der Waals surface area contributed by atoms with Gasteiger partial charge in [-0.2, -0.15) is 0 Å². The van der Waals surface area contributed by atoms with Crippen LogP contribution in [0.5, 0.6) is 0 Å². The molecule has 0 spiro atoms. The van der Waals surface area contributed by atoms with Crippen LogP contribution in [-0.2, 0) is 4.79 Å². The molecule has 1 unspecified atom stereocenters. The van der Waals surface area contributed by atoms with Gasteiger partial charge in [0.2, 0.25) is 0 Å². The van der Waals surface area contributed by atoms with E-state index in [1.807, 2.05) is 0 Å². The molecule has 0 radical (unpaired) electrons. The zero-order valence-corrected chi connectivity index (χ0v) is 10.8. The Morgan fingerprint density at radius 3 is 2.38 bits per heavy atom. The number of carbonyl (C=O) groups is 1. The lowest BCUT2D eigenvalue weighted by Crippen LogP contribution is -2.57. The average molecular weight is 227 g/mol. The molecule has 0 aromatic carbocycles. The molecule has 0 aliphatic heterocycles. The molecule has 1 saturated carbocycles. The Morgan fingerprint density at radius 1 is 1.44 bits per heavy atom. The van der Waals surface area contributed by atoms with Crippen LogP contribution in [0, 0.1) is 5.92 Å². The van der Waals surface area contributed by atoms with Gasteiger partial charge in [-0.1, -0.05) is 20.3 Å². The highest BCUT2D eigenvalue weighted by atomic mass is 16.4. The van der Waals surface area contributed by atoms with Gasteiger partial charge in [-0.05, 0) is 44.9 Å². The maximum absolute atomic E-state index is 11.5. The Bertz CT molecular complexity index is 232. The molecule has 1 aliphatic rings. The molecular formula is C13H25NO2. The molecule has 0 heterocycles. The van der Waals surface area contributed by atoms with Crippen molar-refractivity contribution >= 4 is 5.97 Å². The van der Waals surface area contributed by atoms with E-state index in [1.165, 1.54) is 6.42 Å². The van der Waals surface area contributed by atoms with Crippen LogP contribution in [0.4, 0.5) is 0 Å². The SMILES string of the molecule is CCC1CCC(NC(C)CC)(C(=O)O)CC1. The second kappa shape index (κ2) is 5.67. The van der Waals surface area contributed by atoms with E-state index in [-0.39, 0.29) is 6.04 Å². The highest BCUT2D eigenvalue weighted by Gasteiger charge is 2.41. The fourth-order valence-corrected chi connectivity index (χ4v) is 2.57. The van der Waals surface area contributed by atoms with E-state index in [0.717, 1.165) is 38.0 Å². The van der Waals surface area contributed by atoms with Gasteiger partial charge in [0.1, 0.15) is 5.54 Å². The van der Waals surface area contributed by atoms with Crippen LogP contribution < -0.4 is 5.32 Å². The topological polar surface area (TPSA) is 49.3 Å². The summed E-state index contributed by atoms with van der Waals surface area (Å²) in [7, 11) is 0. The molecule has 2 N–H and O–H groups in total. The van der Waals surface area contributed by atoms with Crippen molar-refractivity contribution < 1.29 is 9.90 Å². The number of carboxylic acid groups (broad SMARTS) is 1. The summed E-state index contributed by atoms with van der Waals surface area (Å²) in [4.78, 5) is 11.5. The quantitative estimate of drug-likeness (QED) is 0.759. The van der Waals surface area contributed by atoms with Crippen LogP contribution in [0.2, 0.25) is 0 Å². The Morgan fingerprint density at radius 2 is 2.00 bits per heavy atom. The van der Waals surface area contributed by atoms with Crippen molar-refractivity contribution in [2.45, 2.75) is 70.9 Å². The lowest BCUT2D eigenvalue weighted by molar-refractivity contribution is -0.147. The Labute approximate surface area is 98.6 Å². The number of aliphatic carboxylic acids is 1. The Kier molecular flexibility index (Phi) is 4.78. The second-order valence-corrected chi connectivity index (χ2v) is 5.19. The van der Waals surface area contributed by atoms with E-state index in [4.69, 9.17) is 0 Å². The van der Waals surface area contributed by atoms with Gasteiger partial charge in [0.25, 0.3) is 0 Å². The molecular weight excluding hydrogens is 202 g/mol. The third-order valence-corrected chi connectivity index (χ3v) is 4.08. The smallest absolute Gasteiger partial charge is 0.323 e. The number of nitrogens with one attached hydrogen (secondary N) is 1. The van der Waals surface area contributed by atoms with Gasteiger partial charge in [-0.15, -0.1) is 0 Å². The molecule has 0 bridgehead atoms. The van der Waals surface area contributed by atoms with E-state index < -0.39 is 11.5 Å². The van der Waals surface area contributed by atoms with Crippen LogP contribution in [0.25, 0.3) is 0 Å². The lowest BCUT2D eigenvalue weighted by atomic mass is 9.75. The Hall–Kier alpha value is -0.570. The van der Waals surface area contributed by atoms with E-state index >= 15 is 0 Å². The molecule has 3 nitrogen and oxygen atoms in total. The van der Waals surface area contributed by atoms with Crippen molar-refractivity contribution in [3.63, 3.8) is 0 Å². The first-order valence-corrected chi connectivity index (χ1v) is 6.55. The van der Waals surface area contributed by atoms with E-state index in [9.17, 15) is 9.90 Å². The zero-order valence-electron chi connectivity index (χ0n) is 10.8. The summed E-state index contributed by atoms with van der Waals surface area (Å²) in [6, 6.07) is 0.286. The normalized spacial score (nSPS) is 32.3. The van der Waals surface area contributed by atoms with Crippen molar-refractivity contribution in [3.05, 3.63) is 0 Å². The molecule has 1 rings (SSSR count). The van der Waals surface area contributed by atoms with Crippen LogP contribution in [0.1, 0.15) is 59.3 Å². The zero-order chi connectivity index (χ0) is 12.2. The summed E-state index contributed by atoms with van der Waals surface area (Å²) in [5.74, 6) is 0.0635. The van der Waals surface area contributed by atoms with E-state index in [0.29, 0.717) is 0 Å². The standard InChI is InChI=1S/C13H25NO2/c1-4-10(3)14-13(12(15)16)8-6-11(5-2)7-9-13/h10-11,14H,4-9H2,1-3H3,(H,15,16). The minimum Gasteiger partial charge on any atom is -0.480 e. The van der Waals surface area contributed by atoms with Gasteiger partial charge in [0, 0.05) is 6.04 Å². The van der Waals surface area contributed by atoms with Gasteiger partial charge in [0.05, 0.1) is 0 Å². The summed E-state index contributed by atoms with van der Waals surface area (Å²) in [6.45, 7) is 6.35. The summed E-state index contributed by atoms with van der Waals surface area (Å²) >= 11 is 0. The number of rotatable bonds is 5.